The van der Waals surface area contributed by atoms with Gasteiger partial charge in [0.15, 0.2) is 0 Å². The summed E-state index contributed by atoms with van der Waals surface area (Å²) < 4.78 is 29.8. The summed E-state index contributed by atoms with van der Waals surface area (Å²) in [7, 11) is -3.72. The number of benzene rings is 2. The topological polar surface area (TPSA) is 97.2 Å². The summed E-state index contributed by atoms with van der Waals surface area (Å²) >= 11 is 0. The summed E-state index contributed by atoms with van der Waals surface area (Å²) in [4.78, 5) is 23.0. The fraction of sp³-hybridized carbons (Fsp3) is 0.269. The van der Waals surface area contributed by atoms with Crippen LogP contribution < -0.4 is 4.72 Å². The molecular formula is C26H27N5O3S. The summed E-state index contributed by atoms with van der Waals surface area (Å²) in [6, 6.07) is 18.3. The number of amides is 1. The van der Waals surface area contributed by atoms with Gasteiger partial charge in [-0.05, 0) is 67.0 Å². The zero-order valence-electron chi connectivity index (χ0n) is 19.4. The Hall–Kier alpha value is -3.72. The second-order valence-electron chi connectivity index (χ2n) is 8.83. The van der Waals surface area contributed by atoms with Crippen molar-refractivity contribution in [2.45, 2.75) is 36.6 Å². The van der Waals surface area contributed by atoms with Crippen LogP contribution in [0.15, 0.2) is 84.3 Å². The van der Waals surface area contributed by atoms with Gasteiger partial charge in [-0.3, -0.25) is 9.52 Å². The highest BCUT2D eigenvalue weighted by molar-refractivity contribution is 7.92. The lowest BCUT2D eigenvalue weighted by atomic mass is 9.89. The van der Waals surface area contributed by atoms with Gasteiger partial charge in [0, 0.05) is 31.0 Å². The number of hydrogen-bond acceptors (Lipinski definition) is 5. The van der Waals surface area contributed by atoms with Gasteiger partial charge in [-0.1, -0.05) is 30.3 Å². The van der Waals surface area contributed by atoms with Crippen LogP contribution in [0.2, 0.25) is 0 Å². The van der Waals surface area contributed by atoms with Gasteiger partial charge < -0.3 is 9.47 Å². The number of rotatable bonds is 6. The minimum Gasteiger partial charge on any atom is -0.341 e. The molecule has 0 radical (unpaired) electrons. The third-order valence-corrected chi connectivity index (χ3v) is 8.06. The molecule has 1 fully saturated rings. The van der Waals surface area contributed by atoms with Crippen molar-refractivity contribution in [3.05, 3.63) is 84.9 Å². The van der Waals surface area contributed by atoms with E-state index < -0.39 is 10.0 Å². The lowest BCUT2D eigenvalue weighted by Crippen LogP contribution is -2.41. The summed E-state index contributed by atoms with van der Waals surface area (Å²) in [5, 5.41) is 1.13. The average molecular weight is 490 g/mol. The number of sulfonamides is 1. The van der Waals surface area contributed by atoms with Crippen LogP contribution in [0.5, 0.6) is 0 Å². The van der Waals surface area contributed by atoms with Crippen molar-refractivity contribution in [3.8, 4) is 0 Å². The highest BCUT2D eigenvalue weighted by Gasteiger charge is 2.28. The number of carbonyl (C=O) groups is 1. The quantitative estimate of drug-likeness (QED) is 0.438. The van der Waals surface area contributed by atoms with E-state index in [0.717, 1.165) is 29.3 Å². The molecule has 2 aromatic carbocycles. The average Bonchev–Trinajstić information content (AvgIpc) is 3.33. The second-order valence-corrected chi connectivity index (χ2v) is 10.5. The molecule has 0 bridgehead atoms. The minimum atomic E-state index is -3.72. The standard InChI is InChI=1S/C26H27N5O3S/c1-19(31-17-13-22-4-2-3-5-24(22)31)26(32)30-15-11-21(12-16-30)20-6-8-23(9-7-20)35(33,34)29-25-10-14-27-18-28-25/h2-10,13-14,17-19,21H,11-12,15-16H2,1H3,(H,27,28,29)/t19-/m1/s1. The molecule has 0 spiro atoms. The number of fused-ring (bicyclic) bond motifs is 1. The Kier molecular flexibility index (Phi) is 6.25. The van der Waals surface area contributed by atoms with Crippen LogP contribution in [-0.2, 0) is 14.8 Å². The van der Waals surface area contributed by atoms with Crippen LogP contribution in [0.25, 0.3) is 10.9 Å². The molecule has 4 aromatic rings. The van der Waals surface area contributed by atoms with Crippen molar-refractivity contribution in [2.75, 3.05) is 17.8 Å². The zero-order chi connectivity index (χ0) is 24.4. The first-order valence-electron chi connectivity index (χ1n) is 11.7. The molecule has 35 heavy (non-hydrogen) atoms. The molecule has 1 saturated heterocycles. The lowest BCUT2D eigenvalue weighted by Gasteiger charge is -2.34. The maximum absolute atomic E-state index is 13.2. The molecule has 2 aromatic heterocycles. The van der Waals surface area contributed by atoms with E-state index in [9.17, 15) is 13.2 Å². The Labute approximate surface area is 204 Å². The molecule has 0 unspecified atom stereocenters. The molecule has 1 N–H and O–H groups in total. The SMILES string of the molecule is C[C@H](C(=O)N1CCC(c2ccc(S(=O)(=O)Nc3ccncn3)cc2)CC1)n1ccc2ccccc21. The minimum absolute atomic E-state index is 0.127. The number of hydrogen-bond donors (Lipinski definition) is 1. The number of aromatic nitrogens is 3. The van der Waals surface area contributed by atoms with E-state index in [0.29, 0.717) is 13.1 Å². The molecule has 1 amide bonds. The molecule has 5 rings (SSSR count). The third-order valence-electron chi connectivity index (χ3n) is 6.69. The second kappa shape index (κ2) is 9.50. The van der Waals surface area contributed by atoms with Crippen molar-refractivity contribution in [1.29, 1.82) is 0 Å². The molecular weight excluding hydrogens is 462 g/mol. The molecule has 8 nitrogen and oxygen atoms in total. The first kappa shape index (κ1) is 23.0. The molecule has 1 atom stereocenters. The van der Waals surface area contributed by atoms with Crippen molar-refractivity contribution in [1.82, 2.24) is 19.4 Å². The van der Waals surface area contributed by atoms with Crippen LogP contribution in [0.1, 0.15) is 37.3 Å². The number of carbonyl (C=O) groups excluding carboxylic acids is 1. The van der Waals surface area contributed by atoms with Gasteiger partial charge in [-0.15, -0.1) is 0 Å². The Morgan fingerprint density at radius 3 is 2.49 bits per heavy atom. The van der Waals surface area contributed by atoms with Gasteiger partial charge in [0.1, 0.15) is 18.2 Å². The largest absolute Gasteiger partial charge is 0.341 e. The summed E-state index contributed by atoms with van der Waals surface area (Å²) in [5.74, 6) is 0.638. The van der Waals surface area contributed by atoms with Crippen molar-refractivity contribution >= 4 is 32.7 Å². The molecule has 0 aliphatic carbocycles. The molecule has 0 saturated carbocycles. The van der Waals surface area contributed by atoms with Gasteiger partial charge in [0.25, 0.3) is 10.0 Å². The van der Waals surface area contributed by atoms with Crippen LogP contribution in [-0.4, -0.2) is 46.8 Å². The Bertz CT molecular complexity index is 1430. The van der Waals surface area contributed by atoms with E-state index in [4.69, 9.17) is 0 Å². The Balaban J connectivity index is 1.21. The Morgan fingerprint density at radius 1 is 1.03 bits per heavy atom. The predicted molar refractivity (Wildman–Crippen MR) is 134 cm³/mol. The fourth-order valence-electron chi connectivity index (χ4n) is 4.73. The number of para-hydroxylation sites is 1. The molecule has 180 valence electrons. The van der Waals surface area contributed by atoms with E-state index in [-0.39, 0.29) is 28.6 Å². The maximum atomic E-state index is 13.2. The zero-order valence-corrected chi connectivity index (χ0v) is 20.2. The Morgan fingerprint density at radius 2 is 1.77 bits per heavy atom. The van der Waals surface area contributed by atoms with E-state index in [1.54, 1.807) is 12.1 Å². The van der Waals surface area contributed by atoms with E-state index in [2.05, 4.69) is 20.8 Å². The van der Waals surface area contributed by atoms with Gasteiger partial charge in [-0.25, -0.2) is 18.4 Å². The lowest BCUT2D eigenvalue weighted by molar-refractivity contribution is -0.135. The van der Waals surface area contributed by atoms with Crippen LogP contribution in [0, 0.1) is 0 Å². The van der Waals surface area contributed by atoms with Crippen LogP contribution in [0.3, 0.4) is 0 Å². The predicted octanol–water partition coefficient (Wildman–Crippen LogP) is 4.20. The van der Waals surface area contributed by atoms with E-state index in [1.165, 1.54) is 18.6 Å². The van der Waals surface area contributed by atoms with Crippen molar-refractivity contribution in [2.24, 2.45) is 0 Å². The molecule has 3 heterocycles. The van der Waals surface area contributed by atoms with Crippen LogP contribution >= 0.6 is 0 Å². The first-order chi connectivity index (χ1) is 16.9. The number of piperidine rings is 1. The highest BCUT2D eigenvalue weighted by Crippen LogP contribution is 2.30. The smallest absolute Gasteiger partial charge is 0.263 e. The van der Waals surface area contributed by atoms with Gasteiger partial charge >= 0.3 is 0 Å². The number of nitrogens with zero attached hydrogens (tertiary/aromatic N) is 4. The number of likely N-dealkylation sites (tertiary alicyclic amines) is 1. The summed E-state index contributed by atoms with van der Waals surface area (Å²) in [6.07, 6.45) is 6.44. The van der Waals surface area contributed by atoms with Gasteiger partial charge in [-0.2, -0.15) is 0 Å². The first-order valence-corrected chi connectivity index (χ1v) is 13.1. The van der Waals surface area contributed by atoms with E-state index in [1.807, 2.05) is 59.0 Å². The monoisotopic (exact) mass is 489 g/mol. The maximum Gasteiger partial charge on any atom is 0.263 e. The van der Waals surface area contributed by atoms with Crippen molar-refractivity contribution < 1.29 is 13.2 Å². The highest BCUT2D eigenvalue weighted by atomic mass is 32.2. The fourth-order valence-corrected chi connectivity index (χ4v) is 5.73. The summed E-state index contributed by atoms with van der Waals surface area (Å²) in [6.45, 7) is 3.32. The van der Waals surface area contributed by atoms with Gasteiger partial charge in [0.2, 0.25) is 5.91 Å². The van der Waals surface area contributed by atoms with E-state index >= 15 is 0 Å². The van der Waals surface area contributed by atoms with Gasteiger partial charge in [0.05, 0.1) is 4.90 Å². The van der Waals surface area contributed by atoms with Crippen LogP contribution in [0.4, 0.5) is 5.82 Å². The normalized spacial score (nSPS) is 15.7. The van der Waals surface area contributed by atoms with Crippen molar-refractivity contribution in [3.63, 3.8) is 0 Å². The molecule has 1 aliphatic heterocycles. The third kappa shape index (κ3) is 4.77. The summed E-state index contributed by atoms with van der Waals surface area (Å²) in [5.41, 5.74) is 2.15. The number of nitrogens with one attached hydrogen (secondary N) is 1. The molecule has 9 heteroatoms. The number of anilines is 1. The molecule has 1 aliphatic rings.